The molecule has 0 spiro atoms. The summed E-state index contributed by atoms with van der Waals surface area (Å²) < 4.78 is 11.7. The first kappa shape index (κ1) is 20.5. The second kappa shape index (κ2) is 6.06. The summed E-state index contributed by atoms with van der Waals surface area (Å²) >= 11 is 0. The third-order valence-corrected chi connectivity index (χ3v) is 4.75. The Hall–Kier alpha value is -0.570. The average Bonchev–Trinajstić information content (AvgIpc) is 2.75. The van der Waals surface area contributed by atoms with Crippen molar-refractivity contribution in [3.05, 3.63) is 0 Å². The Morgan fingerprint density at radius 1 is 1.00 bits per heavy atom. The van der Waals surface area contributed by atoms with Crippen molar-refractivity contribution in [3.63, 3.8) is 0 Å². The molecule has 1 unspecified atom stereocenters. The van der Waals surface area contributed by atoms with E-state index in [1.807, 2.05) is 34.6 Å². The maximum atomic E-state index is 12.9. The van der Waals surface area contributed by atoms with Gasteiger partial charge in [0.2, 0.25) is 0 Å². The summed E-state index contributed by atoms with van der Waals surface area (Å²) in [6, 6.07) is 0. The van der Waals surface area contributed by atoms with Crippen molar-refractivity contribution in [1.82, 2.24) is 0 Å². The van der Waals surface area contributed by atoms with Gasteiger partial charge < -0.3 is 9.47 Å². The second-order valence-electron chi connectivity index (χ2n) is 10.7. The molecule has 1 fully saturated rings. The minimum atomic E-state index is -0.494. The van der Waals surface area contributed by atoms with E-state index >= 15 is 0 Å². The van der Waals surface area contributed by atoms with E-state index in [1.54, 1.807) is 0 Å². The van der Waals surface area contributed by atoms with E-state index in [0.29, 0.717) is 13.0 Å². The molecule has 0 aromatic heterocycles. The quantitative estimate of drug-likeness (QED) is 0.616. The molecule has 0 N–H and O–H groups in total. The van der Waals surface area contributed by atoms with Crippen molar-refractivity contribution in [3.8, 4) is 0 Å². The fraction of sp³-hybridized carbons (Fsp3) is 0.950. The Balaban J connectivity index is 2.69. The summed E-state index contributed by atoms with van der Waals surface area (Å²) in [5.74, 6) is -0.0295. The van der Waals surface area contributed by atoms with Gasteiger partial charge in [0, 0.05) is 6.42 Å². The molecule has 0 radical (unpaired) electrons. The maximum Gasteiger partial charge on any atom is 0.313 e. The first-order valence-corrected chi connectivity index (χ1v) is 8.87. The molecule has 1 rings (SSSR count). The van der Waals surface area contributed by atoms with Crippen LogP contribution in [0.2, 0.25) is 0 Å². The molecule has 0 saturated heterocycles. The van der Waals surface area contributed by atoms with E-state index in [0.717, 1.165) is 12.8 Å². The molecule has 0 heterocycles. The van der Waals surface area contributed by atoms with E-state index < -0.39 is 5.60 Å². The van der Waals surface area contributed by atoms with E-state index in [9.17, 15) is 4.79 Å². The molecule has 0 bridgehead atoms. The highest BCUT2D eigenvalue weighted by molar-refractivity contribution is 5.82. The average molecular weight is 327 g/mol. The molecule has 3 heteroatoms. The fourth-order valence-electron chi connectivity index (χ4n) is 3.34. The third-order valence-electron chi connectivity index (χ3n) is 4.75. The van der Waals surface area contributed by atoms with Crippen LogP contribution in [0.4, 0.5) is 0 Å². The van der Waals surface area contributed by atoms with Crippen LogP contribution in [-0.2, 0) is 14.3 Å². The molecule has 3 nitrogen and oxygen atoms in total. The lowest BCUT2D eigenvalue weighted by atomic mass is 9.79. The summed E-state index contributed by atoms with van der Waals surface area (Å²) in [7, 11) is 0. The van der Waals surface area contributed by atoms with Crippen LogP contribution >= 0.6 is 0 Å². The van der Waals surface area contributed by atoms with Gasteiger partial charge in [0.05, 0.1) is 17.6 Å². The summed E-state index contributed by atoms with van der Waals surface area (Å²) in [6.45, 7) is 21.6. The first-order valence-electron chi connectivity index (χ1n) is 8.87. The Morgan fingerprint density at radius 3 is 1.83 bits per heavy atom. The summed E-state index contributed by atoms with van der Waals surface area (Å²) in [5.41, 5.74) is -0.826. The van der Waals surface area contributed by atoms with Crippen molar-refractivity contribution in [1.29, 1.82) is 0 Å². The van der Waals surface area contributed by atoms with Gasteiger partial charge in [-0.15, -0.1) is 0 Å². The van der Waals surface area contributed by atoms with Gasteiger partial charge in [-0.25, -0.2) is 0 Å². The smallest absolute Gasteiger partial charge is 0.313 e. The number of hydrogen-bond donors (Lipinski definition) is 0. The van der Waals surface area contributed by atoms with Crippen LogP contribution in [0, 0.1) is 16.2 Å². The molecule has 1 aliphatic carbocycles. The van der Waals surface area contributed by atoms with E-state index in [1.165, 1.54) is 0 Å². The SMILES string of the molecule is CC(C)(C)CC1(C(=O)OC(C)(C)CCOC(C)(C)C)CC1(C)C. The number of esters is 1. The van der Waals surface area contributed by atoms with Gasteiger partial charge in [0.1, 0.15) is 5.60 Å². The van der Waals surface area contributed by atoms with Gasteiger partial charge in [0.25, 0.3) is 0 Å². The molecular weight excluding hydrogens is 288 g/mol. The summed E-state index contributed by atoms with van der Waals surface area (Å²) in [4.78, 5) is 12.9. The van der Waals surface area contributed by atoms with Gasteiger partial charge in [0.15, 0.2) is 0 Å². The highest BCUT2D eigenvalue weighted by Gasteiger charge is 2.68. The van der Waals surface area contributed by atoms with Gasteiger partial charge in [-0.2, -0.15) is 0 Å². The lowest BCUT2D eigenvalue weighted by Gasteiger charge is -2.33. The zero-order valence-corrected chi connectivity index (χ0v) is 17.1. The first-order chi connectivity index (χ1) is 10.00. The number of hydrogen-bond acceptors (Lipinski definition) is 3. The normalized spacial score (nSPS) is 24.4. The van der Waals surface area contributed by atoms with E-state index in [4.69, 9.17) is 9.47 Å². The molecular formula is C20H38O3. The zero-order chi connectivity index (χ0) is 18.3. The number of rotatable bonds is 6. The Bertz CT molecular complexity index is 435. The summed E-state index contributed by atoms with van der Waals surface area (Å²) in [5, 5.41) is 0. The number of carbonyl (C=O) groups is 1. The van der Waals surface area contributed by atoms with Crippen molar-refractivity contribution in [2.45, 2.75) is 99.7 Å². The molecule has 0 aliphatic heterocycles. The van der Waals surface area contributed by atoms with Crippen LogP contribution in [0.25, 0.3) is 0 Å². The van der Waals surface area contributed by atoms with Gasteiger partial charge in [-0.1, -0.05) is 34.6 Å². The number of carbonyl (C=O) groups excluding carboxylic acids is 1. The standard InChI is InChI=1S/C20H38O3/c1-16(2,3)13-20(14-18(20,7)8)15(21)23-19(9,10)11-12-22-17(4,5)6/h11-14H2,1-10H3. The molecule has 1 saturated carbocycles. The fourth-order valence-corrected chi connectivity index (χ4v) is 3.34. The Morgan fingerprint density at radius 2 is 1.48 bits per heavy atom. The van der Waals surface area contributed by atoms with Crippen molar-refractivity contribution >= 4 is 5.97 Å². The van der Waals surface area contributed by atoms with Crippen LogP contribution < -0.4 is 0 Å². The minimum Gasteiger partial charge on any atom is -0.459 e. The van der Waals surface area contributed by atoms with Crippen LogP contribution in [0.1, 0.15) is 88.5 Å². The van der Waals surface area contributed by atoms with Crippen LogP contribution in [0.3, 0.4) is 0 Å². The minimum absolute atomic E-state index is 0.0295. The third kappa shape index (κ3) is 5.77. The summed E-state index contributed by atoms with van der Waals surface area (Å²) in [6.07, 6.45) is 2.51. The molecule has 1 aliphatic rings. The Kier molecular flexibility index (Phi) is 5.39. The molecule has 136 valence electrons. The molecule has 0 aromatic carbocycles. The maximum absolute atomic E-state index is 12.9. The number of ether oxygens (including phenoxy) is 2. The van der Waals surface area contributed by atoms with Crippen molar-refractivity contribution in [2.75, 3.05) is 6.61 Å². The van der Waals surface area contributed by atoms with Gasteiger partial charge >= 0.3 is 5.97 Å². The monoisotopic (exact) mass is 326 g/mol. The molecule has 0 aromatic rings. The van der Waals surface area contributed by atoms with Crippen LogP contribution in [-0.4, -0.2) is 23.8 Å². The van der Waals surface area contributed by atoms with E-state index in [-0.39, 0.29) is 27.8 Å². The van der Waals surface area contributed by atoms with Crippen LogP contribution in [0.5, 0.6) is 0 Å². The lowest BCUT2D eigenvalue weighted by molar-refractivity contribution is -0.168. The van der Waals surface area contributed by atoms with Crippen LogP contribution in [0.15, 0.2) is 0 Å². The highest BCUT2D eigenvalue weighted by Crippen LogP contribution is 2.68. The Labute approximate surface area is 143 Å². The largest absolute Gasteiger partial charge is 0.459 e. The second-order valence-corrected chi connectivity index (χ2v) is 10.7. The lowest BCUT2D eigenvalue weighted by Crippen LogP contribution is -2.37. The molecule has 1 atom stereocenters. The predicted molar refractivity (Wildman–Crippen MR) is 95.4 cm³/mol. The molecule has 0 amide bonds. The van der Waals surface area contributed by atoms with Gasteiger partial charge in [-0.3, -0.25) is 4.79 Å². The van der Waals surface area contributed by atoms with Gasteiger partial charge in [-0.05, 0) is 58.3 Å². The van der Waals surface area contributed by atoms with E-state index in [2.05, 4.69) is 34.6 Å². The predicted octanol–water partition coefficient (Wildman–Crippen LogP) is 5.37. The molecule has 23 heavy (non-hydrogen) atoms. The topological polar surface area (TPSA) is 35.5 Å². The zero-order valence-electron chi connectivity index (χ0n) is 17.1. The van der Waals surface area contributed by atoms with Crippen molar-refractivity contribution in [2.24, 2.45) is 16.2 Å². The van der Waals surface area contributed by atoms with Crippen molar-refractivity contribution < 1.29 is 14.3 Å². The highest BCUT2D eigenvalue weighted by atomic mass is 16.6.